The Kier molecular flexibility index (Phi) is 3.81. The summed E-state index contributed by atoms with van der Waals surface area (Å²) in [6.07, 6.45) is 2.44. The van der Waals surface area contributed by atoms with Gasteiger partial charge in [0.25, 0.3) is 0 Å². The van der Waals surface area contributed by atoms with Crippen LogP contribution in [0.4, 0.5) is 0 Å². The summed E-state index contributed by atoms with van der Waals surface area (Å²) in [7, 11) is 0. The summed E-state index contributed by atoms with van der Waals surface area (Å²) in [6.45, 7) is 2.01. The zero-order chi connectivity index (χ0) is 13.4. The first kappa shape index (κ1) is 13.4. The Hall–Kier alpha value is -0.610. The summed E-state index contributed by atoms with van der Waals surface area (Å²) in [5.41, 5.74) is 2.05. The molecule has 0 amide bonds. The summed E-state index contributed by atoms with van der Waals surface area (Å²) >= 11 is 14.1. The van der Waals surface area contributed by atoms with E-state index in [4.69, 9.17) is 23.2 Å². The third-order valence-electron chi connectivity index (χ3n) is 3.16. The fourth-order valence-corrected chi connectivity index (χ4v) is 3.32. The molecule has 1 unspecified atom stereocenters. The van der Waals surface area contributed by atoms with Gasteiger partial charge in [-0.3, -0.25) is 0 Å². The zero-order valence-corrected chi connectivity index (χ0v) is 12.8. The van der Waals surface area contributed by atoms with Gasteiger partial charge in [-0.25, -0.2) is 4.98 Å². The molecule has 2 aromatic rings. The number of hydrogen-bond acceptors (Lipinski definition) is 3. The van der Waals surface area contributed by atoms with Crippen molar-refractivity contribution in [2.24, 2.45) is 0 Å². The van der Waals surface area contributed by atoms with Crippen LogP contribution in [-0.4, -0.2) is 11.0 Å². The van der Waals surface area contributed by atoms with Gasteiger partial charge in [0.1, 0.15) is 5.01 Å². The van der Waals surface area contributed by atoms with Gasteiger partial charge in [-0.05, 0) is 31.4 Å². The highest BCUT2D eigenvalue weighted by molar-refractivity contribution is 7.09. The molecule has 100 valence electrons. The number of benzene rings is 1. The topological polar surface area (TPSA) is 24.9 Å². The first-order chi connectivity index (χ1) is 9.15. The van der Waals surface area contributed by atoms with Gasteiger partial charge in [0.15, 0.2) is 0 Å². The van der Waals surface area contributed by atoms with E-state index in [2.05, 4.69) is 15.7 Å². The highest BCUT2D eigenvalue weighted by atomic mass is 35.5. The summed E-state index contributed by atoms with van der Waals surface area (Å²) in [5.74, 6) is 0. The van der Waals surface area contributed by atoms with Gasteiger partial charge < -0.3 is 5.32 Å². The molecule has 0 bridgehead atoms. The van der Waals surface area contributed by atoms with E-state index in [1.54, 1.807) is 11.3 Å². The van der Waals surface area contributed by atoms with Crippen LogP contribution in [0.2, 0.25) is 10.0 Å². The fraction of sp³-hybridized carbons (Fsp3) is 0.357. The lowest BCUT2D eigenvalue weighted by Crippen LogP contribution is -2.24. The molecular formula is C14H14Cl2N2S. The highest BCUT2D eigenvalue weighted by Gasteiger charge is 2.29. The Morgan fingerprint density at radius 2 is 2.16 bits per heavy atom. The van der Waals surface area contributed by atoms with Gasteiger partial charge in [0.05, 0.1) is 16.1 Å². The number of hydrogen-bond donors (Lipinski definition) is 1. The third kappa shape index (κ3) is 2.95. The van der Waals surface area contributed by atoms with E-state index in [0.29, 0.717) is 16.1 Å². The van der Waals surface area contributed by atoms with Crippen molar-refractivity contribution in [3.8, 4) is 0 Å². The maximum Gasteiger partial charge on any atom is 0.114 e. The summed E-state index contributed by atoms with van der Waals surface area (Å²) < 4.78 is 0. The SMILES string of the molecule is Cc1csc(C(NC2CC2)c2cccc(Cl)c2Cl)n1. The van der Waals surface area contributed by atoms with Crippen molar-refractivity contribution in [3.63, 3.8) is 0 Å². The highest BCUT2D eigenvalue weighted by Crippen LogP contribution is 2.36. The van der Waals surface area contributed by atoms with Crippen LogP contribution in [0.15, 0.2) is 23.6 Å². The first-order valence-electron chi connectivity index (χ1n) is 6.27. The van der Waals surface area contributed by atoms with Crippen molar-refractivity contribution in [2.45, 2.75) is 31.8 Å². The molecule has 1 heterocycles. The molecule has 0 radical (unpaired) electrons. The van der Waals surface area contributed by atoms with Crippen LogP contribution in [0.5, 0.6) is 0 Å². The monoisotopic (exact) mass is 312 g/mol. The van der Waals surface area contributed by atoms with Crippen molar-refractivity contribution in [1.82, 2.24) is 10.3 Å². The molecule has 5 heteroatoms. The summed E-state index contributed by atoms with van der Waals surface area (Å²) in [6, 6.07) is 6.38. The van der Waals surface area contributed by atoms with Gasteiger partial charge >= 0.3 is 0 Å². The van der Waals surface area contributed by atoms with Crippen molar-refractivity contribution in [3.05, 3.63) is 49.9 Å². The van der Waals surface area contributed by atoms with E-state index >= 15 is 0 Å². The molecular weight excluding hydrogens is 299 g/mol. The van der Waals surface area contributed by atoms with E-state index in [0.717, 1.165) is 16.3 Å². The molecule has 0 aliphatic heterocycles. The van der Waals surface area contributed by atoms with E-state index in [9.17, 15) is 0 Å². The predicted octanol–water partition coefficient (Wildman–Crippen LogP) is 4.60. The minimum Gasteiger partial charge on any atom is -0.301 e. The van der Waals surface area contributed by atoms with Crippen LogP contribution in [0.1, 0.15) is 35.1 Å². The molecule has 0 saturated heterocycles. The smallest absolute Gasteiger partial charge is 0.114 e. The summed E-state index contributed by atoms with van der Waals surface area (Å²) in [4.78, 5) is 4.59. The van der Waals surface area contributed by atoms with Crippen LogP contribution < -0.4 is 5.32 Å². The predicted molar refractivity (Wildman–Crippen MR) is 81.3 cm³/mol. The standard InChI is InChI=1S/C14H14Cl2N2S/c1-8-7-19-14(17-8)13(18-9-5-6-9)10-3-2-4-11(15)12(10)16/h2-4,7,9,13,18H,5-6H2,1H3. The Morgan fingerprint density at radius 3 is 2.79 bits per heavy atom. The van der Waals surface area contributed by atoms with E-state index in [1.165, 1.54) is 12.8 Å². The molecule has 1 fully saturated rings. The molecule has 19 heavy (non-hydrogen) atoms. The molecule has 1 saturated carbocycles. The van der Waals surface area contributed by atoms with Crippen LogP contribution in [0.25, 0.3) is 0 Å². The van der Waals surface area contributed by atoms with Gasteiger partial charge in [-0.1, -0.05) is 35.3 Å². The maximum absolute atomic E-state index is 6.35. The minimum atomic E-state index is 0.0393. The molecule has 1 aromatic heterocycles. The molecule has 1 aromatic carbocycles. The van der Waals surface area contributed by atoms with Crippen molar-refractivity contribution >= 4 is 34.5 Å². The lowest BCUT2D eigenvalue weighted by atomic mass is 10.1. The van der Waals surface area contributed by atoms with Crippen LogP contribution >= 0.6 is 34.5 Å². The second-order valence-electron chi connectivity index (χ2n) is 4.84. The van der Waals surface area contributed by atoms with Crippen molar-refractivity contribution in [1.29, 1.82) is 0 Å². The van der Waals surface area contributed by atoms with Crippen molar-refractivity contribution < 1.29 is 0 Å². The zero-order valence-electron chi connectivity index (χ0n) is 10.5. The van der Waals surface area contributed by atoms with E-state index < -0.39 is 0 Å². The molecule has 0 spiro atoms. The van der Waals surface area contributed by atoms with Gasteiger partial charge in [-0.2, -0.15) is 0 Å². The van der Waals surface area contributed by atoms with Crippen LogP contribution in [0, 0.1) is 6.92 Å². The Balaban J connectivity index is 2.00. The van der Waals surface area contributed by atoms with Crippen LogP contribution in [-0.2, 0) is 0 Å². The normalized spacial score (nSPS) is 16.6. The fourth-order valence-electron chi connectivity index (χ4n) is 2.03. The first-order valence-corrected chi connectivity index (χ1v) is 7.90. The molecule has 1 aliphatic rings. The number of nitrogens with one attached hydrogen (secondary N) is 1. The lowest BCUT2D eigenvalue weighted by Gasteiger charge is -2.18. The molecule has 1 N–H and O–H groups in total. The van der Waals surface area contributed by atoms with E-state index in [1.807, 2.05) is 25.1 Å². The second kappa shape index (κ2) is 5.41. The quantitative estimate of drug-likeness (QED) is 0.892. The van der Waals surface area contributed by atoms with Gasteiger partial charge in [0, 0.05) is 17.1 Å². The Bertz CT molecular complexity index is 593. The number of nitrogens with zero attached hydrogens (tertiary/aromatic N) is 1. The maximum atomic E-state index is 6.35. The number of halogens is 2. The number of aryl methyl sites for hydroxylation is 1. The third-order valence-corrected chi connectivity index (χ3v) is 5.02. The van der Waals surface area contributed by atoms with Crippen molar-refractivity contribution in [2.75, 3.05) is 0 Å². The minimum absolute atomic E-state index is 0.0393. The average Bonchev–Trinajstić information content (AvgIpc) is 3.11. The largest absolute Gasteiger partial charge is 0.301 e. The number of aromatic nitrogens is 1. The van der Waals surface area contributed by atoms with Crippen LogP contribution in [0.3, 0.4) is 0 Å². The lowest BCUT2D eigenvalue weighted by molar-refractivity contribution is 0.597. The molecule has 1 aliphatic carbocycles. The molecule has 2 nitrogen and oxygen atoms in total. The second-order valence-corrected chi connectivity index (χ2v) is 6.52. The van der Waals surface area contributed by atoms with Gasteiger partial charge in [0.2, 0.25) is 0 Å². The summed E-state index contributed by atoms with van der Waals surface area (Å²) in [5, 5.41) is 7.94. The van der Waals surface area contributed by atoms with E-state index in [-0.39, 0.29) is 6.04 Å². The molecule has 1 atom stereocenters. The number of rotatable bonds is 4. The average molecular weight is 313 g/mol. The Morgan fingerprint density at radius 1 is 1.37 bits per heavy atom. The van der Waals surface area contributed by atoms with Gasteiger partial charge in [-0.15, -0.1) is 11.3 Å². The number of thiazole rings is 1. The molecule has 3 rings (SSSR count). The Labute approximate surface area is 126 Å².